The molecule has 3 saturated heterocycles. The van der Waals surface area contributed by atoms with E-state index >= 15 is 4.39 Å². The molecule has 5 aromatic rings. The molecule has 1 aromatic carbocycles. The Balaban J connectivity index is 0.738. The maximum atomic E-state index is 15.3. The second kappa shape index (κ2) is 18.5. The van der Waals surface area contributed by atoms with Crippen LogP contribution in [0.1, 0.15) is 95.6 Å². The van der Waals surface area contributed by atoms with Crippen molar-refractivity contribution in [3.63, 3.8) is 0 Å². The van der Waals surface area contributed by atoms with E-state index in [1.807, 2.05) is 30.7 Å². The highest BCUT2D eigenvalue weighted by Gasteiger charge is 2.41. The molecule has 0 bridgehead atoms. The summed E-state index contributed by atoms with van der Waals surface area (Å²) in [6.45, 7) is 7.88. The molecule has 0 unspecified atom stereocenters. The third kappa shape index (κ3) is 8.82. The van der Waals surface area contributed by atoms with Crippen molar-refractivity contribution in [1.82, 2.24) is 44.9 Å². The van der Waals surface area contributed by atoms with E-state index in [2.05, 4.69) is 59.6 Å². The predicted octanol–water partition coefficient (Wildman–Crippen LogP) is 6.10. The van der Waals surface area contributed by atoms with Gasteiger partial charge in [-0.2, -0.15) is 15.5 Å². The number of benzene rings is 1. The average molecular weight is 896 g/mol. The zero-order valence-corrected chi connectivity index (χ0v) is 37.6. The molecule has 3 amide bonds. The van der Waals surface area contributed by atoms with Crippen LogP contribution >= 0.6 is 0 Å². The summed E-state index contributed by atoms with van der Waals surface area (Å²) in [6.07, 6.45) is 19.9. The molecule has 3 N–H and O–H groups in total. The molecular weight excluding hydrogens is 838 g/mol. The highest BCUT2D eigenvalue weighted by atomic mass is 19.1. The van der Waals surface area contributed by atoms with E-state index in [4.69, 9.17) is 15.1 Å². The molecule has 16 nitrogen and oxygen atoms in total. The summed E-state index contributed by atoms with van der Waals surface area (Å²) in [5.41, 5.74) is 4.85. The van der Waals surface area contributed by atoms with Gasteiger partial charge in [0.25, 0.3) is 0 Å². The van der Waals surface area contributed by atoms with E-state index in [0.29, 0.717) is 52.2 Å². The molecule has 1 atom stereocenters. The van der Waals surface area contributed by atoms with Crippen LogP contribution in [0, 0.1) is 28.5 Å². The monoisotopic (exact) mass is 895 g/mol. The summed E-state index contributed by atoms with van der Waals surface area (Å²) in [5.74, 6) is 0.678. The van der Waals surface area contributed by atoms with Gasteiger partial charge in [0, 0.05) is 87.5 Å². The van der Waals surface area contributed by atoms with Crippen LogP contribution in [0.3, 0.4) is 0 Å². The smallest absolute Gasteiger partial charge is 0.249 e. The van der Waals surface area contributed by atoms with Gasteiger partial charge in [0.1, 0.15) is 34.8 Å². The van der Waals surface area contributed by atoms with Crippen molar-refractivity contribution in [2.45, 2.75) is 102 Å². The number of nitrogens with one attached hydrogen (secondary N) is 3. The van der Waals surface area contributed by atoms with Gasteiger partial charge in [0.2, 0.25) is 17.7 Å². The summed E-state index contributed by atoms with van der Waals surface area (Å²) in [4.78, 5) is 53.8. The number of hydrogen-bond acceptors (Lipinski definition) is 12. The largest absolute Gasteiger partial charge is 0.374 e. The Bertz CT molecular complexity index is 2630. The maximum Gasteiger partial charge on any atom is 0.249 e. The predicted molar refractivity (Wildman–Crippen MR) is 248 cm³/mol. The molecule has 7 heterocycles. The number of hydrogen-bond donors (Lipinski definition) is 3. The van der Waals surface area contributed by atoms with Gasteiger partial charge in [-0.05, 0) is 107 Å². The fraction of sp³-hybridized carbons (Fsp3) is 0.510. The van der Waals surface area contributed by atoms with Crippen LogP contribution in [0.5, 0.6) is 0 Å². The number of fused-ring (bicyclic) bond motifs is 1. The van der Waals surface area contributed by atoms with E-state index in [0.717, 1.165) is 121 Å². The van der Waals surface area contributed by atoms with Crippen LogP contribution in [0.25, 0.3) is 28.0 Å². The number of carbonyl (C=O) groups excluding carboxylic acids is 3. The lowest BCUT2D eigenvalue weighted by atomic mass is 9.74. The lowest BCUT2D eigenvalue weighted by Gasteiger charge is -2.42. The third-order valence-electron chi connectivity index (χ3n) is 15.1. The fourth-order valence-electron chi connectivity index (χ4n) is 10.6. The van der Waals surface area contributed by atoms with Crippen LogP contribution in [0.4, 0.5) is 21.6 Å². The minimum Gasteiger partial charge on any atom is -0.374 e. The Morgan fingerprint density at radius 1 is 0.909 bits per heavy atom. The number of carbonyl (C=O) groups is 3. The molecular formula is C49H58FN13O3. The number of aromatic nitrogens is 6. The first-order valence-corrected chi connectivity index (χ1v) is 23.9. The van der Waals surface area contributed by atoms with E-state index in [9.17, 15) is 19.6 Å². The van der Waals surface area contributed by atoms with Gasteiger partial charge in [-0.3, -0.25) is 29.3 Å². The van der Waals surface area contributed by atoms with Crippen molar-refractivity contribution in [3.05, 3.63) is 72.7 Å². The van der Waals surface area contributed by atoms with Crippen LogP contribution < -0.4 is 25.8 Å². The first-order valence-electron chi connectivity index (χ1n) is 23.9. The number of nitriles is 1. The number of amides is 3. The number of imide groups is 1. The molecule has 10 rings (SSSR count). The Kier molecular flexibility index (Phi) is 12.2. The summed E-state index contributed by atoms with van der Waals surface area (Å²) in [6, 6.07) is 11.4. The van der Waals surface area contributed by atoms with Gasteiger partial charge in [0.15, 0.2) is 0 Å². The lowest BCUT2D eigenvalue weighted by molar-refractivity contribution is -0.134. The molecule has 5 fully saturated rings. The summed E-state index contributed by atoms with van der Waals surface area (Å²) >= 11 is 0. The minimum absolute atomic E-state index is 0.212. The normalized spacial score (nSPS) is 22.7. The third-order valence-corrected chi connectivity index (χ3v) is 15.1. The molecule has 2 aliphatic carbocycles. The number of halogens is 1. The summed E-state index contributed by atoms with van der Waals surface area (Å²) in [7, 11) is 0. The van der Waals surface area contributed by atoms with E-state index in [1.165, 1.54) is 12.5 Å². The van der Waals surface area contributed by atoms with Gasteiger partial charge >= 0.3 is 0 Å². The second-order valence-electron chi connectivity index (χ2n) is 19.1. The zero-order chi connectivity index (χ0) is 45.4. The Morgan fingerprint density at radius 2 is 1.71 bits per heavy atom. The number of pyridine rings is 1. The first kappa shape index (κ1) is 43.5. The highest BCUT2D eigenvalue weighted by molar-refractivity contribution is 6.01. The first-order chi connectivity index (χ1) is 32.1. The zero-order valence-electron chi connectivity index (χ0n) is 37.6. The van der Waals surface area contributed by atoms with Gasteiger partial charge < -0.3 is 20.4 Å². The molecule has 0 spiro atoms. The fourth-order valence-corrected chi connectivity index (χ4v) is 10.6. The summed E-state index contributed by atoms with van der Waals surface area (Å²) in [5, 5.41) is 28.1. The molecule has 0 radical (unpaired) electrons. The van der Waals surface area contributed by atoms with Crippen molar-refractivity contribution in [1.29, 1.82) is 5.26 Å². The molecule has 66 heavy (non-hydrogen) atoms. The SMILES string of the molecule is CCC1(C(=O)NC2CCC2)CCN(c2ccc(-c3nc(-c4cnn(C5CCC(CN6CCN(c7ccc(N[C@H]8CCC(=O)NC8=O)cc7F)CC6)CC5)c4)cn4ncc(C#N)c34)cn2)CC1. The van der Waals surface area contributed by atoms with Gasteiger partial charge in [0.05, 0.1) is 47.1 Å². The van der Waals surface area contributed by atoms with E-state index in [1.54, 1.807) is 22.8 Å². The van der Waals surface area contributed by atoms with E-state index in [-0.39, 0.29) is 41.4 Å². The molecule has 5 aliphatic rings. The van der Waals surface area contributed by atoms with Crippen LogP contribution in [0.15, 0.2) is 61.3 Å². The van der Waals surface area contributed by atoms with Crippen LogP contribution in [-0.4, -0.2) is 110 Å². The number of piperazine rings is 1. The second-order valence-corrected chi connectivity index (χ2v) is 19.1. The Morgan fingerprint density at radius 3 is 2.39 bits per heavy atom. The van der Waals surface area contributed by atoms with Gasteiger partial charge in [-0.15, -0.1) is 0 Å². The Hall–Kier alpha value is -6.41. The van der Waals surface area contributed by atoms with Gasteiger partial charge in [-0.25, -0.2) is 18.9 Å². The van der Waals surface area contributed by atoms with Crippen molar-refractivity contribution in [3.8, 4) is 28.6 Å². The lowest BCUT2D eigenvalue weighted by Crippen LogP contribution is -2.52. The quantitative estimate of drug-likeness (QED) is 0.123. The highest BCUT2D eigenvalue weighted by Crippen LogP contribution is 2.39. The maximum absolute atomic E-state index is 15.3. The standard InChI is InChI=1S/C49H58FN13O3/c1-2-49(48(66)56-36-4-3-5-36)16-18-61(19-17-49)43-14-8-33(26-52-43)45-46-34(25-51)27-54-63(46)31-41(57-45)35-28-53-62(30-35)38-10-6-32(7-11-38)29-59-20-22-60(23-21-59)42-13-9-37(24-39(42)50)55-40-12-15-44(64)58-47(40)65/h8-9,13-14,24,26-28,30-32,36,38,40,55H,2-7,10-12,15-23,29H2,1H3,(H,56,66)(H,58,64,65)/t32?,38?,40-/m0/s1. The average Bonchev–Trinajstić information content (AvgIpc) is 4.00. The van der Waals surface area contributed by atoms with Gasteiger partial charge in [-0.1, -0.05) is 6.92 Å². The van der Waals surface area contributed by atoms with Crippen molar-refractivity contribution < 1.29 is 18.8 Å². The molecule has 2 saturated carbocycles. The minimum atomic E-state index is -0.555. The number of anilines is 3. The van der Waals surface area contributed by atoms with Crippen molar-refractivity contribution >= 4 is 40.4 Å². The van der Waals surface area contributed by atoms with Crippen LogP contribution in [0.2, 0.25) is 0 Å². The van der Waals surface area contributed by atoms with E-state index < -0.39 is 6.04 Å². The Labute approximate surface area is 383 Å². The summed E-state index contributed by atoms with van der Waals surface area (Å²) < 4.78 is 19.1. The van der Waals surface area contributed by atoms with Crippen molar-refractivity contribution in [2.75, 3.05) is 60.9 Å². The number of rotatable bonds is 12. The van der Waals surface area contributed by atoms with Crippen molar-refractivity contribution in [2.24, 2.45) is 11.3 Å². The molecule has 3 aliphatic heterocycles. The molecule has 344 valence electrons. The molecule has 4 aromatic heterocycles. The number of piperidine rings is 2. The topological polar surface area (TPSA) is 182 Å². The van der Waals surface area contributed by atoms with Crippen LogP contribution in [-0.2, 0) is 14.4 Å². The number of nitrogens with zero attached hydrogens (tertiary/aromatic N) is 10. The molecule has 17 heteroatoms.